The van der Waals surface area contributed by atoms with Crippen LogP contribution in [-0.2, 0) is 6.54 Å². The van der Waals surface area contributed by atoms with Crippen LogP contribution in [0, 0.1) is 31.1 Å². The minimum atomic E-state index is 0.0641. The number of hydrogen-bond acceptors (Lipinski definition) is 2. The van der Waals surface area contributed by atoms with Crippen molar-refractivity contribution in [3.8, 4) is 6.07 Å². The molecule has 4 heteroatoms. The highest BCUT2D eigenvalue weighted by atomic mass is 15.0. The molecule has 0 saturated heterocycles. The zero-order valence-electron chi connectivity index (χ0n) is 19.3. The van der Waals surface area contributed by atoms with E-state index >= 15 is 0 Å². The largest absolute Gasteiger partial charge is 0.336 e. The van der Waals surface area contributed by atoms with E-state index in [1.54, 1.807) is 12.5 Å². The van der Waals surface area contributed by atoms with Crippen molar-refractivity contribution in [2.24, 2.45) is 5.92 Å². The molecule has 0 fully saturated rings. The first-order valence-electron chi connectivity index (χ1n) is 11.2. The van der Waals surface area contributed by atoms with Crippen LogP contribution < -0.4 is 0 Å². The molecule has 0 saturated carbocycles. The highest BCUT2D eigenvalue weighted by Gasteiger charge is 2.16. The minimum Gasteiger partial charge on any atom is -0.336 e. The van der Waals surface area contributed by atoms with Crippen LogP contribution in [0.25, 0.3) is 0 Å². The van der Waals surface area contributed by atoms with Crippen LogP contribution in [0.15, 0.2) is 79.4 Å². The molecule has 0 radical (unpaired) electrons. The van der Waals surface area contributed by atoms with Crippen LogP contribution in [0.4, 0.5) is 0 Å². The van der Waals surface area contributed by atoms with Crippen LogP contribution in [0.3, 0.4) is 0 Å². The molecule has 0 amide bonds. The van der Waals surface area contributed by atoms with Gasteiger partial charge in [-0.1, -0.05) is 67.0 Å². The van der Waals surface area contributed by atoms with Gasteiger partial charge in [0.1, 0.15) is 7.85 Å². The summed E-state index contributed by atoms with van der Waals surface area (Å²) in [5.74, 6) is 0.523. The van der Waals surface area contributed by atoms with Crippen LogP contribution in [0.2, 0.25) is 6.32 Å². The van der Waals surface area contributed by atoms with Gasteiger partial charge in [0.15, 0.2) is 0 Å². The normalized spacial score (nSPS) is 11.7. The van der Waals surface area contributed by atoms with Crippen molar-refractivity contribution in [2.75, 3.05) is 0 Å². The Morgan fingerprint density at radius 1 is 1.03 bits per heavy atom. The molecule has 1 heterocycles. The van der Waals surface area contributed by atoms with Crippen LogP contribution in [0.5, 0.6) is 0 Å². The van der Waals surface area contributed by atoms with Gasteiger partial charge in [0.05, 0.1) is 18.3 Å². The van der Waals surface area contributed by atoms with Crippen LogP contribution in [-0.4, -0.2) is 17.4 Å². The Kier molecular flexibility index (Phi) is 10.4. The molecular weight excluding hydrogens is 377 g/mol. The predicted molar refractivity (Wildman–Crippen MR) is 133 cm³/mol. The molecule has 0 aliphatic rings. The zero-order valence-corrected chi connectivity index (χ0v) is 19.3. The lowest BCUT2D eigenvalue weighted by Gasteiger charge is -2.20. The summed E-state index contributed by atoms with van der Waals surface area (Å²) < 4.78 is 1.90. The molecule has 0 spiro atoms. The van der Waals surface area contributed by atoms with Crippen LogP contribution >= 0.6 is 0 Å². The molecule has 3 nitrogen and oxygen atoms in total. The van der Waals surface area contributed by atoms with Gasteiger partial charge < -0.3 is 4.57 Å². The molecule has 1 aromatic heterocycles. The van der Waals surface area contributed by atoms with Crippen molar-refractivity contribution in [3.63, 3.8) is 0 Å². The number of benzene rings is 2. The third-order valence-corrected chi connectivity index (χ3v) is 5.39. The summed E-state index contributed by atoms with van der Waals surface area (Å²) in [4.78, 5) is 3.86. The van der Waals surface area contributed by atoms with Gasteiger partial charge in [-0.05, 0) is 55.9 Å². The molecule has 3 aromatic rings. The van der Waals surface area contributed by atoms with Crippen molar-refractivity contribution in [1.29, 1.82) is 5.26 Å². The smallest absolute Gasteiger partial charge is 0.101 e. The lowest BCUT2D eigenvalue weighted by molar-refractivity contribution is 0.580. The standard InChI is InChI=1S/C20H25B.C7H9N3/c1-16-10-5-7-12-18(16)20(14-4-3-9-15-21)19-13-8-6-11-17(19)2;1-7(4-8)5-10-3-2-9-6-10/h3-8,10-13,20H,9,14-15,21H2,1-2H3;2-3,6-7H,5H2,1H3. The molecule has 0 aliphatic carbocycles. The lowest BCUT2D eigenvalue weighted by Crippen LogP contribution is -2.04. The second-order valence-electron chi connectivity index (χ2n) is 8.05. The van der Waals surface area contributed by atoms with Gasteiger partial charge in [-0.25, -0.2) is 4.98 Å². The summed E-state index contributed by atoms with van der Waals surface area (Å²) >= 11 is 0. The maximum Gasteiger partial charge on any atom is 0.101 e. The maximum atomic E-state index is 8.45. The van der Waals surface area contributed by atoms with E-state index in [1.165, 1.54) is 35.0 Å². The van der Waals surface area contributed by atoms with E-state index in [4.69, 9.17) is 5.26 Å². The fourth-order valence-electron chi connectivity index (χ4n) is 3.65. The number of allylic oxidation sites excluding steroid dienone is 2. The van der Waals surface area contributed by atoms with E-state index in [9.17, 15) is 0 Å². The van der Waals surface area contributed by atoms with E-state index in [2.05, 4.69) is 93.4 Å². The third kappa shape index (κ3) is 7.94. The van der Waals surface area contributed by atoms with Crippen molar-refractivity contribution in [2.45, 2.75) is 52.4 Å². The predicted octanol–water partition coefficient (Wildman–Crippen LogP) is 5.87. The van der Waals surface area contributed by atoms with Gasteiger partial charge in [-0.2, -0.15) is 5.26 Å². The summed E-state index contributed by atoms with van der Waals surface area (Å²) in [6.45, 7) is 7.06. The molecule has 0 bridgehead atoms. The van der Waals surface area contributed by atoms with Crippen molar-refractivity contribution in [3.05, 3.63) is 102 Å². The maximum absolute atomic E-state index is 8.45. The number of nitriles is 1. The topological polar surface area (TPSA) is 41.6 Å². The third-order valence-electron chi connectivity index (χ3n) is 5.39. The number of aromatic nitrogens is 2. The molecule has 1 unspecified atom stereocenters. The van der Waals surface area contributed by atoms with Crippen molar-refractivity contribution < 1.29 is 0 Å². The Hall–Kier alpha value is -3.06. The minimum absolute atomic E-state index is 0.0641. The quantitative estimate of drug-likeness (QED) is 0.344. The summed E-state index contributed by atoms with van der Waals surface area (Å²) in [6.07, 6.45) is 13.4. The summed E-state index contributed by atoms with van der Waals surface area (Å²) in [5.41, 5.74) is 5.67. The average molecular weight is 411 g/mol. The van der Waals surface area contributed by atoms with Gasteiger partial charge >= 0.3 is 0 Å². The van der Waals surface area contributed by atoms with E-state index < -0.39 is 0 Å². The van der Waals surface area contributed by atoms with E-state index in [0.29, 0.717) is 5.92 Å². The number of aryl methyl sites for hydroxylation is 2. The van der Waals surface area contributed by atoms with Crippen LogP contribution in [0.1, 0.15) is 47.9 Å². The van der Waals surface area contributed by atoms with Crippen molar-refractivity contribution >= 4 is 7.85 Å². The fraction of sp³-hybridized carbons (Fsp3) is 0.333. The SMILES string of the molecule is BCCC=CCC(c1ccccc1C)c1ccccc1C.CC(C#N)Cn1ccnc1. The average Bonchev–Trinajstić information content (AvgIpc) is 3.29. The molecule has 1 atom stereocenters. The van der Waals surface area contributed by atoms with Gasteiger partial charge in [-0.15, -0.1) is 0 Å². The van der Waals surface area contributed by atoms with Gasteiger partial charge in [0, 0.05) is 24.9 Å². The Labute approximate surface area is 188 Å². The fourth-order valence-corrected chi connectivity index (χ4v) is 3.65. The summed E-state index contributed by atoms with van der Waals surface area (Å²) in [5, 5.41) is 8.45. The van der Waals surface area contributed by atoms with Crippen molar-refractivity contribution in [1.82, 2.24) is 9.55 Å². The van der Waals surface area contributed by atoms with E-state index in [0.717, 1.165) is 13.0 Å². The highest BCUT2D eigenvalue weighted by Crippen LogP contribution is 2.32. The van der Waals surface area contributed by atoms with Gasteiger partial charge in [-0.3, -0.25) is 0 Å². The lowest BCUT2D eigenvalue weighted by atomic mass is 9.84. The van der Waals surface area contributed by atoms with Gasteiger partial charge in [0.2, 0.25) is 0 Å². The Morgan fingerprint density at radius 2 is 1.65 bits per heavy atom. The van der Waals surface area contributed by atoms with E-state index in [-0.39, 0.29) is 5.92 Å². The summed E-state index contributed by atoms with van der Waals surface area (Å²) in [7, 11) is 2.23. The number of nitrogens with zero attached hydrogens (tertiary/aromatic N) is 3. The molecule has 3 rings (SSSR count). The molecule has 31 heavy (non-hydrogen) atoms. The summed E-state index contributed by atoms with van der Waals surface area (Å²) in [6, 6.07) is 19.7. The molecule has 0 aliphatic heterocycles. The number of rotatable bonds is 8. The first-order chi connectivity index (χ1) is 15.1. The first-order valence-corrected chi connectivity index (χ1v) is 11.2. The highest BCUT2D eigenvalue weighted by molar-refractivity contribution is 6.08. The number of imidazole rings is 1. The first kappa shape index (κ1) is 24.2. The Morgan fingerprint density at radius 3 is 2.13 bits per heavy atom. The molecule has 160 valence electrons. The molecule has 2 aromatic carbocycles. The Bertz CT molecular complexity index is 925. The number of hydrogen-bond donors (Lipinski definition) is 0. The zero-order chi connectivity index (χ0) is 22.5. The second kappa shape index (κ2) is 13.3. The monoisotopic (exact) mass is 411 g/mol. The second-order valence-corrected chi connectivity index (χ2v) is 8.05. The van der Waals surface area contributed by atoms with E-state index in [1.807, 2.05) is 17.7 Å². The molecular formula is C27H34BN3. The van der Waals surface area contributed by atoms with Gasteiger partial charge in [0.25, 0.3) is 0 Å². The molecule has 0 N–H and O–H groups in total. The Balaban J connectivity index is 0.000000285.